The molecule has 1 fully saturated rings. The molecular formula is C27H31N3O3S. The van der Waals surface area contributed by atoms with Crippen molar-refractivity contribution >= 4 is 21.6 Å². The molecule has 7 heteroatoms. The second kappa shape index (κ2) is 10.8. The molecule has 3 aromatic carbocycles. The van der Waals surface area contributed by atoms with Crippen LogP contribution in [0.3, 0.4) is 0 Å². The van der Waals surface area contributed by atoms with Gasteiger partial charge in [0.05, 0.1) is 16.6 Å². The van der Waals surface area contributed by atoms with E-state index in [2.05, 4.69) is 22.3 Å². The van der Waals surface area contributed by atoms with Crippen LogP contribution in [0.25, 0.3) is 0 Å². The van der Waals surface area contributed by atoms with E-state index in [0.29, 0.717) is 17.8 Å². The molecule has 178 valence electrons. The molecule has 0 saturated carbocycles. The van der Waals surface area contributed by atoms with E-state index in [1.807, 2.05) is 24.3 Å². The van der Waals surface area contributed by atoms with Gasteiger partial charge in [0.25, 0.3) is 15.9 Å². The number of hydrogen-bond acceptors (Lipinski definition) is 4. The maximum Gasteiger partial charge on any atom is 0.264 e. The van der Waals surface area contributed by atoms with Gasteiger partial charge in [0, 0.05) is 18.7 Å². The SMILES string of the molecule is CCN(c1ccccc1)S(=O)(=O)c1cccc(C(=O)NCC(c2ccccc2)N2CCCC2)c1. The first-order chi connectivity index (χ1) is 16.5. The van der Waals surface area contributed by atoms with E-state index in [1.54, 1.807) is 43.3 Å². The standard InChI is InChI=1S/C27H31N3O3S/c1-2-30(24-15-7-4-8-16-24)34(32,33)25-17-11-14-23(20-25)27(31)28-21-26(29-18-9-10-19-29)22-12-5-3-6-13-22/h3-8,11-17,20,26H,2,9-10,18-19,21H2,1H3,(H,28,31). The zero-order valence-corrected chi connectivity index (χ0v) is 20.2. The summed E-state index contributed by atoms with van der Waals surface area (Å²) in [5, 5.41) is 3.04. The Morgan fingerprint density at radius 2 is 1.59 bits per heavy atom. The molecule has 1 aliphatic heterocycles. The van der Waals surface area contributed by atoms with Crippen LogP contribution in [0.2, 0.25) is 0 Å². The molecule has 6 nitrogen and oxygen atoms in total. The topological polar surface area (TPSA) is 69.7 Å². The largest absolute Gasteiger partial charge is 0.350 e. The lowest BCUT2D eigenvalue weighted by molar-refractivity contribution is 0.0937. The third-order valence-corrected chi connectivity index (χ3v) is 8.14. The van der Waals surface area contributed by atoms with Crippen molar-refractivity contribution in [1.29, 1.82) is 0 Å². The van der Waals surface area contributed by atoms with Crippen LogP contribution < -0.4 is 9.62 Å². The average molecular weight is 478 g/mol. The van der Waals surface area contributed by atoms with Crippen molar-refractivity contribution in [2.24, 2.45) is 0 Å². The fourth-order valence-electron chi connectivity index (χ4n) is 4.49. The van der Waals surface area contributed by atoms with Crippen molar-refractivity contribution < 1.29 is 13.2 Å². The van der Waals surface area contributed by atoms with Gasteiger partial charge >= 0.3 is 0 Å². The summed E-state index contributed by atoms with van der Waals surface area (Å²) in [6, 6.07) is 25.5. The molecule has 34 heavy (non-hydrogen) atoms. The number of amides is 1. The van der Waals surface area contributed by atoms with Crippen LogP contribution in [0.5, 0.6) is 0 Å². The van der Waals surface area contributed by atoms with Crippen molar-refractivity contribution in [3.05, 3.63) is 96.1 Å². The summed E-state index contributed by atoms with van der Waals surface area (Å²) in [5.74, 6) is -0.278. The van der Waals surface area contributed by atoms with Gasteiger partial charge in [0.2, 0.25) is 0 Å². The second-order valence-electron chi connectivity index (χ2n) is 8.41. The highest BCUT2D eigenvalue weighted by Gasteiger charge is 2.26. The van der Waals surface area contributed by atoms with Crippen LogP contribution in [-0.2, 0) is 10.0 Å². The van der Waals surface area contributed by atoms with Gasteiger partial charge in [0.1, 0.15) is 0 Å². The lowest BCUT2D eigenvalue weighted by atomic mass is 10.1. The number of carbonyl (C=O) groups excluding carboxylic acids is 1. The molecule has 1 unspecified atom stereocenters. The van der Waals surface area contributed by atoms with Crippen molar-refractivity contribution in [1.82, 2.24) is 10.2 Å². The molecule has 1 N–H and O–H groups in total. The molecule has 0 aromatic heterocycles. The summed E-state index contributed by atoms with van der Waals surface area (Å²) in [4.78, 5) is 15.5. The van der Waals surface area contributed by atoms with Gasteiger partial charge in [-0.05, 0) is 68.8 Å². The smallest absolute Gasteiger partial charge is 0.264 e. The van der Waals surface area contributed by atoms with Crippen LogP contribution in [-0.4, -0.2) is 45.4 Å². The first-order valence-electron chi connectivity index (χ1n) is 11.8. The predicted molar refractivity (Wildman–Crippen MR) is 135 cm³/mol. The quantitative estimate of drug-likeness (QED) is 0.494. The molecule has 3 aromatic rings. The molecule has 1 heterocycles. The second-order valence-corrected chi connectivity index (χ2v) is 10.3. The molecule has 0 aliphatic carbocycles. The van der Waals surface area contributed by atoms with E-state index in [1.165, 1.54) is 22.0 Å². The van der Waals surface area contributed by atoms with E-state index in [-0.39, 0.29) is 23.4 Å². The Kier molecular flexibility index (Phi) is 7.65. The number of anilines is 1. The van der Waals surface area contributed by atoms with Gasteiger partial charge in [-0.2, -0.15) is 0 Å². The van der Waals surface area contributed by atoms with Crippen LogP contribution in [0, 0.1) is 0 Å². The Bertz CT molecular complexity index is 1190. The molecule has 1 saturated heterocycles. The van der Waals surface area contributed by atoms with Gasteiger partial charge in [-0.25, -0.2) is 8.42 Å². The molecule has 1 aliphatic rings. The molecule has 0 spiro atoms. The summed E-state index contributed by atoms with van der Waals surface area (Å²) >= 11 is 0. The summed E-state index contributed by atoms with van der Waals surface area (Å²) in [6.07, 6.45) is 2.32. The Labute approximate surface area is 202 Å². The van der Waals surface area contributed by atoms with Crippen molar-refractivity contribution in [3.8, 4) is 0 Å². The van der Waals surface area contributed by atoms with E-state index in [0.717, 1.165) is 25.9 Å². The Morgan fingerprint density at radius 3 is 2.24 bits per heavy atom. The first-order valence-corrected chi connectivity index (χ1v) is 13.2. The predicted octanol–water partition coefficient (Wildman–Crippen LogP) is 4.47. The average Bonchev–Trinajstić information content (AvgIpc) is 3.40. The number of rotatable bonds is 9. The molecule has 4 rings (SSSR count). The van der Waals surface area contributed by atoms with Crippen molar-refractivity contribution in [2.45, 2.75) is 30.7 Å². The van der Waals surface area contributed by atoms with E-state index < -0.39 is 10.0 Å². The Hall–Kier alpha value is -3.16. The maximum atomic E-state index is 13.4. The highest BCUT2D eigenvalue weighted by molar-refractivity contribution is 7.92. The van der Waals surface area contributed by atoms with E-state index >= 15 is 0 Å². The monoisotopic (exact) mass is 477 g/mol. The number of nitrogens with one attached hydrogen (secondary N) is 1. The highest BCUT2D eigenvalue weighted by atomic mass is 32.2. The minimum absolute atomic E-state index is 0.0910. The number of sulfonamides is 1. The van der Waals surface area contributed by atoms with Crippen LogP contribution >= 0.6 is 0 Å². The Morgan fingerprint density at radius 1 is 0.941 bits per heavy atom. The molecule has 1 atom stereocenters. The van der Waals surface area contributed by atoms with E-state index in [9.17, 15) is 13.2 Å². The third-order valence-electron chi connectivity index (χ3n) is 6.24. The Balaban J connectivity index is 1.52. The summed E-state index contributed by atoms with van der Waals surface area (Å²) in [6.45, 7) is 4.57. The highest BCUT2D eigenvalue weighted by Crippen LogP contribution is 2.26. The molecule has 0 radical (unpaired) electrons. The minimum atomic E-state index is -3.80. The van der Waals surface area contributed by atoms with Gasteiger partial charge < -0.3 is 5.32 Å². The van der Waals surface area contributed by atoms with Crippen LogP contribution in [0.15, 0.2) is 89.8 Å². The fourth-order valence-corrected chi connectivity index (χ4v) is 6.01. The van der Waals surface area contributed by atoms with Gasteiger partial charge in [-0.1, -0.05) is 54.6 Å². The zero-order valence-electron chi connectivity index (χ0n) is 19.4. The summed E-state index contributed by atoms with van der Waals surface area (Å²) < 4.78 is 28.1. The lowest BCUT2D eigenvalue weighted by Gasteiger charge is -2.28. The summed E-state index contributed by atoms with van der Waals surface area (Å²) in [5.41, 5.74) is 2.09. The number of benzene rings is 3. The minimum Gasteiger partial charge on any atom is -0.350 e. The third kappa shape index (κ3) is 5.32. The fraction of sp³-hybridized carbons (Fsp3) is 0.296. The van der Waals surface area contributed by atoms with Crippen LogP contribution in [0.1, 0.15) is 41.7 Å². The molecule has 1 amide bonds. The lowest BCUT2D eigenvalue weighted by Crippen LogP contribution is -2.37. The molecular weight excluding hydrogens is 446 g/mol. The number of nitrogens with zero attached hydrogens (tertiary/aromatic N) is 2. The first kappa shape index (κ1) is 24.0. The van der Waals surface area contributed by atoms with Crippen molar-refractivity contribution in [2.75, 3.05) is 30.5 Å². The van der Waals surface area contributed by atoms with Gasteiger partial charge in [0.15, 0.2) is 0 Å². The normalized spacial score (nSPS) is 15.1. The van der Waals surface area contributed by atoms with E-state index in [4.69, 9.17) is 0 Å². The number of likely N-dealkylation sites (tertiary alicyclic amines) is 1. The zero-order chi connectivity index (χ0) is 24.0. The number of carbonyl (C=O) groups is 1. The molecule has 0 bridgehead atoms. The van der Waals surface area contributed by atoms with Crippen LogP contribution in [0.4, 0.5) is 5.69 Å². The van der Waals surface area contributed by atoms with Gasteiger partial charge in [-0.3, -0.25) is 14.0 Å². The number of hydrogen-bond donors (Lipinski definition) is 1. The van der Waals surface area contributed by atoms with Gasteiger partial charge in [-0.15, -0.1) is 0 Å². The van der Waals surface area contributed by atoms with Crippen molar-refractivity contribution in [3.63, 3.8) is 0 Å². The summed E-state index contributed by atoms with van der Waals surface area (Å²) in [7, 11) is -3.80. The number of para-hydroxylation sites is 1. The maximum absolute atomic E-state index is 13.4.